The number of hydrogen-bond donors (Lipinski definition) is 2. The first-order valence-corrected chi connectivity index (χ1v) is 8.68. The van der Waals surface area contributed by atoms with Crippen molar-refractivity contribution in [3.63, 3.8) is 0 Å². The number of carboxylic acid groups (broad SMARTS) is 1. The Hall–Kier alpha value is -1.15. The summed E-state index contributed by atoms with van der Waals surface area (Å²) in [6.45, 7) is 4.99. The number of aliphatic hydroxyl groups is 1. The van der Waals surface area contributed by atoms with Crippen LogP contribution in [0.1, 0.15) is 27.2 Å². The highest BCUT2D eigenvalue weighted by Crippen LogP contribution is 2.42. The predicted octanol–water partition coefficient (Wildman–Crippen LogP) is 0.0721. The molecule has 0 aliphatic carbocycles. The van der Waals surface area contributed by atoms with E-state index in [0.29, 0.717) is 0 Å². The first-order chi connectivity index (χ1) is 9.56. The zero-order chi connectivity index (χ0) is 16.4. The van der Waals surface area contributed by atoms with E-state index in [4.69, 9.17) is 4.74 Å². The number of carbonyl (C=O) groups is 2. The van der Waals surface area contributed by atoms with Crippen LogP contribution in [-0.2, 0) is 24.2 Å². The molecule has 3 atom stereocenters. The van der Waals surface area contributed by atoms with Crippen LogP contribution in [0.4, 0.5) is 0 Å². The molecule has 0 bridgehead atoms. The summed E-state index contributed by atoms with van der Waals surface area (Å²) in [5, 5.41) is 19.6. The number of carboxylic acids is 1. The van der Waals surface area contributed by atoms with E-state index in [1.165, 1.54) is 0 Å². The fourth-order valence-electron chi connectivity index (χ4n) is 2.92. The summed E-state index contributed by atoms with van der Waals surface area (Å²) in [5.41, 5.74) is -2.03. The SMILES string of the molecule is CCOC(=O)C(CC(C)C)(C(=O)O)C1CS(=O)(=O)CC1O. The molecule has 1 rings (SSSR count). The number of hydrogen-bond acceptors (Lipinski definition) is 6. The molecule has 8 heteroatoms. The van der Waals surface area contributed by atoms with Crippen LogP contribution in [0, 0.1) is 17.3 Å². The normalized spacial score (nSPS) is 27.3. The molecule has 1 heterocycles. The van der Waals surface area contributed by atoms with Crippen molar-refractivity contribution in [2.75, 3.05) is 18.1 Å². The molecule has 0 saturated carbocycles. The van der Waals surface area contributed by atoms with Crippen LogP contribution < -0.4 is 0 Å². The summed E-state index contributed by atoms with van der Waals surface area (Å²) < 4.78 is 28.2. The molecule has 0 aromatic heterocycles. The van der Waals surface area contributed by atoms with Gasteiger partial charge in [0.05, 0.1) is 24.2 Å². The van der Waals surface area contributed by atoms with Crippen molar-refractivity contribution in [3.05, 3.63) is 0 Å². The fraction of sp³-hybridized carbons (Fsp3) is 0.846. The molecular formula is C13H22O7S. The topological polar surface area (TPSA) is 118 Å². The van der Waals surface area contributed by atoms with Gasteiger partial charge in [0.15, 0.2) is 15.3 Å². The van der Waals surface area contributed by atoms with Gasteiger partial charge in [-0.25, -0.2) is 8.42 Å². The van der Waals surface area contributed by atoms with Crippen molar-refractivity contribution in [1.82, 2.24) is 0 Å². The Morgan fingerprint density at radius 1 is 1.33 bits per heavy atom. The molecule has 0 aromatic rings. The molecule has 0 aromatic carbocycles. The molecule has 1 fully saturated rings. The van der Waals surface area contributed by atoms with E-state index in [1.54, 1.807) is 20.8 Å². The third-order valence-corrected chi connectivity index (χ3v) is 5.42. The molecule has 21 heavy (non-hydrogen) atoms. The maximum Gasteiger partial charge on any atom is 0.323 e. The average molecular weight is 322 g/mol. The number of carbonyl (C=O) groups excluding carboxylic acids is 1. The van der Waals surface area contributed by atoms with Crippen LogP contribution in [-0.4, -0.2) is 54.8 Å². The zero-order valence-corrected chi connectivity index (χ0v) is 13.2. The molecule has 1 aliphatic rings. The van der Waals surface area contributed by atoms with Gasteiger partial charge in [-0.05, 0) is 19.3 Å². The number of aliphatic carboxylic acids is 1. The predicted molar refractivity (Wildman–Crippen MR) is 74.3 cm³/mol. The Bertz CT molecular complexity index is 511. The smallest absolute Gasteiger partial charge is 0.323 e. The van der Waals surface area contributed by atoms with Crippen molar-refractivity contribution in [2.24, 2.45) is 17.3 Å². The van der Waals surface area contributed by atoms with Crippen molar-refractivity contribution >= 4 is 21.8 Å². The third kappa shape index (κ3) is 3.55. The number of esters is 1. The maximum absolute atomic E-state index is 12.3. The summed E-state index contributed by atoms with van der Waals surface area (Å²) in [7, 11) is -3.57. The summed E-state index contributed by atoms with van der Waals surface area (Å²) in [5.74, 6) is -4.85. The van der Waals surface area contributed by atoms with Crippen molar-refractivity contribution in [3.8, 4) is 0 Å². The summed E-state index contributed by atoms with van der Waals surface area (Å²) in [4.78, 5) is 24.1. The monoisotopic (exact) mass is 322 g/mol. The zero-order valence-electron chi connectivity index (χ0n) is 12.4. The van der Waals surface area contributed by atoms with Gasteiger partial charge in [0.1, 0.15) is 0 Å². The Labute approximate surface area is 124 Å². The second-order valence-corrected chi connectivity index (χ2v) is 8.00. The summed E-state index contributed by atoms with van der Waals surface area (Å²) >= 11 is 0. The third-order valence-electron chi connectivity index (χ3n) is 3.71. The van der Waals surface area contributed by atoms with Crippen LogP contribution in [0.5, 0.6) is 0 Å². The summed E-state index contributed by atoms with van der Waals surface area (Å²) in [6.07, 6.45) is -1.47. The van der Waals surface area contributed by atoms with Gasteiger partial charge in [-0.2, -0.15) is 0 Å². The van der Waals surface area contributed by atoms with Gasteiger partial charge in [0, 0.05) is 5.92 Å². The highest BCUT2D eigenvalue weighted by Gasteiger charge is 2.60. The van der Waals surface area contributed by atoms with Gasteiger partial charge < -0.3 is 14.9 Å². The van der Waals surface area contributed by atoms with E-state index in [1.807, 2.05) is 0 Å². The van der Waals surface area contributed by atoms with Gasteiger partial charge in [-0.15, -0.1) is 0 Å². The van der Waals surface area contributed by atoms with Crippen LogP contribution in [0.15, 0.2) is 0 Å². The highest BCUT2D eigenvalue weighted by molar-refractivity contribution is 7.91. The Morgan fingerprint density at radius 2 is 1.90 bits per heavy atom. The van der Waals surface area contributed by atoms with Gasteiger partial charge in [0.25, 0.3) is 0 Å². The largest absolute Gasteiger partial charge is 0.480 e. The Kier molecular flexibility index (Phi) is 5.38. The summed E-state index contributed by atoms with van der Waals surface area (Å²) in [6, 6.07) is 0. The van der Waals surface area contributed by atoms with E-state index < -0.39 is 50.7 Å². The number of ether oxygens (including phenoxy) is 1. The minimum absolute atomic E-state index is 0.0124. The fourth-order valence-corrected chi connectivity index (χ4v) is 4.87. The molecule has 7 nitrogen and oxygen atoms in total. The van der Waals surface area contributed by atoms with E-state index in [-0.39, 0.29) is 18.9 Å². The van der Waals surface area contributed by atoms with Crippen molar-refractivity contribution < 1.29 is 33.0 Å². The van der Waals surface area contributed by atoms with E-state index in [2.05, 4.69) is 0 Å². The second kappa shape index (κ2) is 6.31. The van der Waals surface area contributed by atoms with Gasteiger partial charge in [-0.3, -0.25) is 9.59 Å². The molecule has 2 N–H and O–H groups in total. The van der Waals surface area contributed by atoms with Gasteiger partial charge in [0.2, 0.25) is 0 Å². The Balaban J connectivity index is 3.35. The second-order valence-electron chi connectivity index (χ2n) is 5.85. The average Bonchev–Trinajstić information content (AvgIpc) is 2.59. The molecule has 3 unspecified atom stereocenters. The van der Waals surface area contributed by atoms with Crippen LogP contribution in [0.25, 0.3) is 0 Å². The maximum atomic E-state index is 12.3. The molecular weight excluding hydrogens is 300 g/mol. The molecule has 122 valence electrons. The van der Waals surface area contributed by atoms with Crippen molar-refractivity contribution in [2.45, 2.75) is 33.3 Å². The van der Waals surface area contributed by atoms with Crippen LogP contribution in [0.2, 0.25) is 0 Å². The lowest BCUT2D eigenvalue weighted by Crippen LogP contribution is -2.51. The first kappa shape index (κ1) is 17.9. The number of aliphatic hydroxyl groups excluding tert-OH is 1. The standard InChI is InChI=1S/C13H22O7S/c1-4-20-12(17)13(11(15)16,5-8(2)3)9-6-21(18,19)7-10(9)14/h8-10,14H,4-7H2,1-3H3,(H,15,16). The van der Waals surface area contributed by atoms with Crippen molar-refractivity contribution in [1.29, 1.82) is 0 Å². The van der Waals surface area contributed by atoms with Gasteiger partial charge in [-0.1, -0.05) is 13.8 Å². The molecule has 1 aliphatic heterocycles. The molecule has 0 radical (unpaired) electrons. The van der Waals surface area contributed by atoms with E-state index in [0.717, 1.165) is 0 Å². The molecule has 0 amide bonds. The lowest BCUT2D eigenvalue weighted by Gasteiger charge is -2.35. The number of sulfone groups is 1. The quantitative estimate of drug-likeness (QED) is 0.525. The van der Waals surface area contributed by atoms with Crippen LogP contribution >= 0.6 is 0 Å². The lowest BCUT2D eigenvalue weighted by atomic mass is 9.69. The van der Waals surface area contributed by atoms with Gasteiger partial charge >= 0.3 is 11.9 Å². The molecule has 1 saturated heterocycles. The highest BCUT2D eigenvalue weighted by atomic mass is 32.2. The minimum Gasteiger partial charge on any atom is -0.480 e. The Morgan fingerprint density at radius 3 is 2.24 bits per heavy atom. The van der Waals surface area contributed by atoms with E-state index in [9.17, 15) is 28.2 Å². The molecule has 0 spiro atoms. The lowest BCUT2D eigenvalue weighted by molar-refractivity contribution is -0.177. The first-order valence-electron chi connectivity index (χ1n) is 6.86. The minimum atomic E-state index is -3.57. The van der Waals surface area contributed by atoms with E-state index >= 15 is 0 Å². The van der Waals surface area contributed by atoms with Crippen LogP contribution in [0.3, 0.4) is 0 Å². The number of rotatable bonds is 6.